The fourth-order valence-corrected chi connectivity index (χ4v) is 6.61. The lowest BCUT2D eigenvalue weighted by atomic mass is 9.85. The number of para-hydroxylation sites is 1. The molecule has 0 unspecified atom stereocenters. The van der Waals surface area contributed by atoms with Crippen molar-refractivity contribution in [3.8, 4) is 11.6 Å². The lowest BCUT2D eigenvalue weighted by Gasteiger charge is -2.34. The van der Waals surface area contributed by atoms with E-state index in [9.17, 15) is 13.2 Å². The topological polar surface area (TPSA) is 118 Å². The van der Waals surface area contributed by atoms with Crippen LogP contribution in [0.25, 0.3) is 16.7 Å². The van der Waals surface area contributed by atoms with Crippen molar-refractivity contribution >= 4 is 32.6 Å². The molecule has 0 radical (unpaired) electrons. The van der Waals surface area contributed by atoms with Crippen LogP contribution in [0.5, 0.6) is 5.75 Å². The zero-order valence-corrected chi connectivity index (χ0v) is 24.9. The number of benzene rings is 1. The number of carbonyl (C=O) groups excluding carboxylic acids is 1. The molecule has 41 heavy (non-hydrogen) atoms. The molecule has 2 aromatic heterocycles. The van der Waals surface area contributed by atoms with Gasteiger partial charge in [0.2, 0.25) is 11.9 Å². The van der Waals surface area contributed by atoms with E-state index in [0.29, 0.717) is 30.5 Å². The third-order valence-corrected chi connectivity index (χ3v) is 9.24. The molecule has 0 bridgehead atoms. The Morgan fingerprint density at radius 2 is 1.90 bits per heavy atom. The normalized spacial score (nSPS) is 22.0. The number of anilines is 1. The van der Waals surface area contributed by atoms with E-state index in [0.717, 1.165) is 69.1 Å². The van der Waals surface area contributed by atoms with Gasteiger partial charge >= 0.3 is 0 Å². The van der Waals surface area contributed by atoms with Gasteiger partial charge in [0, 0.05) is 42.4 Å². The summed E-state index contributed by atoms with van der Waals surface area (Å²) in [4.78, 5) is 24.6. The Bertz CT molecular complexity index is 1430. The van der Waals surface area contributed by atoms with E-state index in [-0.39, 0.29) is 29.7 Å². The Kier molecular flexibility index (Phi) is 9.44. The summed E-state index contributed by atoms with van der Waals surface area (Å²) < 4.78 is 30.9. The van der Waals surface area contributed by atoms with E-state index in [2.05, 4.69) is 27.4 Å². The summed E-state index contributed by atoms with van der Waals surface area (Å²) in [5, 5.41) is 7.75. The van der Waals surface area contributed by atoms with Crippen LogP contribution in [0.3, 0.4) is 0 Å². The van der Waals surface area contributed by atoms with E-state index in [1.165, 1.54) is 6.26 Å². The van der Waals surface area contributed by atoms with Crippen molar-refractivity contribution in [1.29, 1.82) is 0 Å². The molecule has 1 saturated heterocycles. The molecule has 1 aromatic carbocycles. The second-order valence-electron chi connectivity index (χ2n) is 11.4. The average Bonchev–Trinajstić information content (AvgIpc) is 3.34. The minimum Gasteiger partial charge on any atom is -0.491 e. The first-order valence-electron chi connectivity index (χ1n) is 14.8. The maximum atomic E-state index is 12.9. The molecule has 5 rings (SSSR count). The highest BCUT2D eigenvalue weighted by molar-refractivity contribution is 7.90. The number of ether oxygens (including phenoxy) is 1. The summed E-state index contributed by atoms with van der Waals surface area (Å²) in [6, 6.07) is 10.3. The van der Waals surface area contributed by atoms with Crippen molar-refractivity contribution in [2.24, 2.45) is 5.92 Å². The number of nitrogens with one attached hydrogen (secondary N) is 2. The third kappa shape index (κ3) is 7.77. The van der Waals surface area contributed by atoms with Crippen LogP contribution in [0.4, 0.5) is 5.95 Å². The minimum atomic E-state index is -3.02. The Labute approximate surface area is 242 Å². The molecule has 1 amide bonds. The SMILES string of the molecule is CCN1CCC[C@@H](NC(=O)C2CCC(Nc3nccc(-n4cc(OCCCS(C)(=O)=O)c5ccccc54)n3)CC2)C1. The lowest BCUT2D eigenvalue weighted by molar-refractivity contribution is -0.127. The van der Waals surface area contributed by atoms with Crippen LogP contribution in [-0.4, -0.2) is 84.1 Å². The fourth-order valence-electron chi connectivity index (χ4n) is 5.97. The first-order valence-corrected chi connectivity index (χ1v) is 16.9. The summed E-state index contributed by atoms with van der Waals surface area (Å²) in [6.07, 6.45) is 11.0. The second-order valence-corrected chi connectivity index (χ2v) is 13.6. The van der Waals surface area contributed by atoms with Crippen LogP contribution in [0.1, 0.15) is 51.9 Å². The van der Waals surface area contributed by atoms with Gasteiger partial charge in [-0.1, -0.05) is 19.1 Å². The van der Waals surface area contributed by atoms with Crippen molar-refractivity contribution in [1.82, 2.24) is 24.8 Å². The molecule has 10 nitrogen and oxygen atoms in total. The molecule has 1 aliphatic heterocycles. The van der Waals surface area contributed by atoms with Gasteiger partial charge in [0.1, 0.15) is 21.4 Å². The number of rotatable bonds is 11. The number of hydrogen-bond acceptors (Lipinski definition) is 8. The molecule has 3 aromatic rings. The summed E-state index contributed by atoms with van der Waals surface area (Å²) >= 11 is 0. The smallest absolute Gasteiger partial charge is 0.224 e. The molecular weight excluding hydrogens is 540 g/mol. The fraction of sp³-hybridized carbons (Fsp3) is 0.567. The number of likely N-dealkylation sites (N-methyl/N-ethyl adjacent to an activating group) is 1. The summed E-state index contributed by atoms with van der Waals surface area (Å²) in [5.74, 6) is 2.33. The number of amides is 1. The molecule has 1 aliphatic carbocycles. The molecule has 0 spiro atoms. The van der Waals surface area contributed by atoms with Gasteiger partial charge in [-0.15, -0.1) is 0 Å². The quantitative estimate of drug-likeness (QED) is 0.328. The van der Waals surface area contributed by atoms with Gasteiger partial charge in [-0.25, -0.2) is 13.4 Å². The maximum Gasteiger partial charge on any atom is 0.224 e. The zero-order chi connectivity index (χ0) is 28.8. The van der Waals surface area contributed by atoms with Gasteiger partial charge in [0.15, 0.2) is 0 Å². The minimum absolute atomic E-state index is 0.0689. The number of nitrogens with zero attached hydrogens (tertiary/aromatic N) is 4. The van der Waals surface area contributed by atoms with Gasteiger partial charge in [-0.3, -0.25) is 9.36 Å². The van der Waals surface area contributed by atoms with Crippen LogP contribution in [0.15, 0.2) is 42.7 Å². The summed E-state index contributed by atoms with van der Waals surface area (Å²) in [7, 11) is -3.02. The van der Waals surface area contributed by atoms with Crippen LogP contribution in [0.2, 0.25) is 0 Å². The molecular formula is C30H42N6O4S. The van der Waals surface area contributed by atoms with Gasteiger partial charge in [-0.2, -0.15) is 4.98 Å². The van der Waals surface area contributed by atoms with Crippen molar-refractivity contribution in [3.05, 3.63) is 42.7 Å². The highest BCUT2D eigenvalue weighted by Crippen LogP contribution is 2.31. The molecule has 11 heteroatoms. The Hall–Kier alpha value is -3.18. The van der Waals surface area contributed by atoms with Gasteiger partial charge in [-0.05, 0) is 76.2 Å². The zero-order valence-electron chi connectivity index (χ0n) is 24.1. The van der Waals surface area contributed by atoms with Crippen molar-refractivity contribution in [2.45, 2.75) is 64.0 Å². The Morgan fingerprint density at radius 1 is 1.10 bits per heavy atom. The standard InChI is InChI=1S/C30H42N6O4S/c1-3-35-17-6-8-24(20-35)32-29(37)22-11-13-23(14-12-22)33-30-31-16-15-28(34-30)36-21-27(25-9-4-5-10-26(25)36)40-18-7-19-41(2,38)39/h4-5,9-10,15-16,21-24H,3,6-8,11-14,17-20H2,1-2H3,(H,32,37)(H,31,33,34)/t22?,23?,24-/m1/s1. The second kappa shape index (κ2) is 13.2. The molecule has 2 N–H and O–H groups in total. The molecule has 1 saturated carbocycles. The third-order valence-electron chi connectivity index (χ3n) is 8.21. The van der Waals surface area contributed by atoms with E-state index in [1.807, 2.05) is 41.1 Å². The van der Waals surface area contributed by atoms with Crippen molar-refractivity contribution in [2.75, 3.05) is 43.6 Å². The predicted molar refractivity (Wildman–Crippen MR) is 161 cm³/mol. The van der Waals surface area contributed by atoms with Crippen LogP contribution < -0.4 is 15.4 Å². The molecule has 2 fully saturated rings. The molecule has 1 atom stereocenters. The van der Waals surface area contributed by atoms with Crippen LogP contribution >= 0.6 is 0 Å². The summed E-state index contributed by atoms with van der Waals surface area (Å²) in [5.41, 5.74) is 0.946. The predicted octanol–water partition coefficient (Wildman–Crippen LogP) is 3.81. The number of carbonyl (C=O) groups is 1. The number of sulfone groups is 1. The van der Waals surface area contributed by atoms with Crippen molar-refractivity contribution in [3.63, 3.8) is 0 Å². The lowest BCUT2D eigenvalue weighted by Crippen LogP contribution is -2.49. The van der Waals surface area contributed by atoms with E-state index < -0.39 is 9.84 Å². The highest BCUT2D eigenvalue weighted by Gasteiger charge is 2.29. The first-order chi connectivity index (χ1) is 19.8. The largest absolute Gasteiger partial charge is 0.491 e. The van der Waals surface area contributed by atoms with Gasteiger partial charge in [0.25, 0.3) is 0 Å². The first kappa shape index (κ1) is 29.3. The molecule has 2 aliphatic rings. The molecule has 3 heterocycles. The van der Waals surface area contributed by atoms with E-state index >= 15 is 0 Å². The Morgan fingerprint density at radius 3 is 2.68 bits per heavy atom. The molecule has 222 valence electrons. The number of fused-ring (bicyclic) bond motifs is 1. The monoisotopic (exact) mass is 582 g/mol. The number of hydrogen-bond donors (Lipinski definition) is 2. The maximum absolute atomic E-state index is 12.9. The van der Waals surface area contributed by atoms with Gasteiger partial charge < -0.3 is 20.3 Å². The number of piperidine rings is 1. The number of likely N-dealkylation sites (tertiary alicyclic amines) is 1. The van der Waals surface area contributed by atoms with Crippen LogP contribution in [-0.2, 0) is 14.6 Å². The van der Waals surface area contributed by atoms with Crippen molar-refractivity contribution < 1.29 is 17.9 Å². The Balaban J connectivity index is 1.18. The van der Waals surface area contributed by atoms with E-state index in [1.54, 1.807) is 6.20 Å². The van der Waals surface area contributed by atoms with Crippen LogP contribution in [0, 0.1) is 5.92 Å². The average molecular weight is 583 g/mol. The highest BCUT2D eigenvalue weighted by atomic mass is 32.2. The summed E-state index contributed by atoms with van der Waals surface area (Å²) in [6.45, 7) is 5.62. The number of aromatic nitrogens is 3. The van der Waals surface area contributed by atoms with Gasteiger partial charge in [0.05, 0.1) is 24.1 Å². The van der Waals surface area contributed by atoms with E-state index in [4.69, 9.17) is 9.72 Å².